The largest absolute Gasteiger partial charge is 0.383 e. The van der Waals surface area contributed by atoms with Crippen LogP contribution in [-0.4, -0.2) is 35.4 Å². The van der Waals surface area contributed by atoms with Crippen molar-refractivity contribution in [1.82, 2.24) is 15.1 Å². The molecular formula is C12H22ClN3O. The van der Waals surface area contributed by atoms with E-state index in [0.717, 1.165) is 25.1 Å². The third kappa shape index (κ3) is 4.66. The van der Waals surface area contributed by atoms with Crippen molar-refractivity contribution in [3.05, 3.63) is 17.5 Å². The number of alkyl halides is 1. The molecule has 0 aliphatic carbocycles. The molecule has 0 saturated carbocycles. The molecule has 0 bridgehead atoms. The number of methoxy groups -OCH3 is 1. The Morgan fingerprint density at radius 3 is 2.88 bits per heavy atom. The number of hydrogen-bond acceptors (Lipinski definition) is 3. The maximum Gasteiger partial charge on any atom is 0.0625 e. The molecule has 5 heteroatoms. The lowest BCUT2D eigenvalue weighted by atomic mass is 10.2. The lowest BCUT2D eigenvalue weighted by molar-refractivity contribution is 0.163. The Balaban J connectivity index is 2.49. The molecular weight excluding hydrogens is 238 g/mol. The van der Waals surface area contributed by atoms with E-state index < -0.39 is 0 Å². The number of nitrogens with one attached hydrogen (secondary N) is 1. The maximum absolute atomic E-state index is 5.76. The minimum atomic E-state index is 0.303. The van der Waals surface area contributed by atoms with Crippen molar-refractivity contribution in [3.63, 3.8) is 0 Å². The van der Waals surface area contributed by atoms with Gasteiger partial charge in [0, 0.05) is 32.6 Å². The topological polar surface area (TPSA) is 39.1 Å². The Morgan fingerprint density at radius 1 is 1.59 bits per heavy atom. The number of aromatic nitrogens is 2. The summed E-state index contributed by atoms with van der Waals surface area (Å²) in [6.45, 7) is 3.60. The Kier molecular flexibility index (Phi) is 6.55. The van der Waals surface area contributed by atoms with Crippen molar-refractivity contribution < 1.29 is 4.74 Å². The molecule has 0 aromatic carbocycles. The molecule has 1 aromatic heterocycles. The van der Waals surface area contributed by atoms with Crippen LogP contribution in [0, 0.1) is 0 Å². The first-order chi connectivity index (χ1) is 8.21. The van der Waals surface area contributed by atoms with Crippen molar-refractivity contribution >= 4 is 11.6 Å². The molecule has 0 amide bonds. The molecule has 1 N–H and O–H groups in total. The van der Waals surface area contributed by atoms with E-state index >= 15 is 0 Å². The van der Waals surface area contributed by atoms with Crippen LogP contribution in [0.1, 0.15) is 24.7 Å². The van der Waals surface area contributed by atoms with Gasteiger partial charge in [0.2, 0.25) is 0 Å². The van der Waals surface area contributed by atoms with Gasteiger partial charge >= 0.3 is 0 Å². The second-order valence-electron chi connectivity index (χ2n) is 4.11. The van der Waals surface area contributed by atoms with Gasteiger partial charge in [-0.15, -0.1) is 11.6 Å². The first-order valence-corrected chi connectivity index (χ1v) is 6.54. The average molecular weight is 260 g/mol. The zero-order chi connectivity index (χ0) is 12.7. The van der Waals surface area contributed by atoms with Crippen molar-refractivity contribution in [2.24, 2.45) is 7.05 Å². The van der Waals surface area contributed by atoms with Crippen LogP contribution in [0.25, 0.3) is 0 Å². The zero-order valence-corrected chi connectivity index (χ0v) is 11.6. The highest BCUT2D eigenvalue weighted by molar-refractivity contribution is 6.17. The molecule has 0 saturated heterocycles. The fourth-order valence-electron chi connectivity index (χ4n) is 1.74. The molecule has 1 aromatic rings. The SMILES string of the molecule is CCc1cc(CNC(CCCl)COC)n(C)n1. The van der Waals surface area contributed by atoms with Crippen molar-refractivity contribution in [2.75, 3.05) is 19.6 Å². The number of nitrogens with zero attached hydrogens (tertiary/aromatic N) is 2. The molecule has 98 valence electrons. The molecule has 0 aliphatic rings. The predicted molar refractivity (Wildman–Crippen MR) is 70.4 cm³/mol. The highest BCUT2D eigenvalue weighted by atomic mass is 35.5. The lowest BCUT2D eigenvalue weighted by Gasteiger charge is -2.16. The molecule has 1 unspecified atom stereocenters. The van der Waals surface area contributed by atoms with Crippen LogP contribution in [0.2, 0.25) is 0 Å². The monoisotopic (exact) mass is 259 g/mol. The molecule has 0 aliphatic heterocycles. The normalized spacial score (nSPS) is 12.9. The zero-order valence-electron chi connectivity index (χ0n) is 10.9. The standard InChI is InChI=1S/C12H22ClN3O/c1-4-10-7-12(16(2)15-10)8-14-11(5-6-13)9-17-3/h7,11,14H,4-6,8-9H2,1-3H3. The lowest BCUT2D eigenvalue weighted by Crippen LogP contribution is -2.33. The van der Waals surface area contributed by atoms with Gasteiger partial charge in [-0.25, -0.2) is 0 Å². The van der Waals surface area contributed by atoms with E-state index in [1.165, 1.54) is 5.69 Å². The third-order valence-electron chi connectivity index (χ3n) is 2.79. The number of rotatable bonds is 8. The van der Waals surface area contributed by atoms with Gasteiger partial charge in [-0.3, -0.25) is 4.68 Å². The summed E-state index contributed by atoms with van der Waals surface area (Å²) in [5.74, 6) is 0.645. The van der Waals surface area contributed by atoms with E-state index in [0.29, 0.717) is 18.5 Å². The summed E-state index contributed by atoms with van der Waals surface area (Å²) in [7, 11) is 3.69. The fraction of sp³-hybridized carbons (Fsp3) is 0.750. The van der Waals surface area contributed by atoms with E-state index in [-0.39, 0.29) is 0 Å². The minimum absolute atomic E-state index is 0.303. The van der Waals surface area contributed by atoms with Crippen molar-refractivity contribution in [3.8, 4) is 0 Å². The summed E-state index contributed by atoms with van der Waals surface area (Å²) < 4.78 is 7.08. The van der Waals surface area contributed by atoms with Crippen LogP contribution < -0.4 is 5.32 Å². The van der Waals surface area contributed by atoms with Crippen LogP contribution in [-0.2, 0) is 24.8 Å². The van der Waals surface area contributed by atoms with Gasteiger partial charge in [0.1, 0.15) is 0 Å². The molecule has 1 rings (SSSR count). The van der Waals surface area contributed by atoms with Gasteiger partial charge in [0.25, 0.3) is 0 Å². The van der Waals surface area contributed by atoms with Crippen molar-refractivity contribution in [2.45, 2.75) is 32.4 Å². The molecule has 0 radical (unpaired) electrons. The van der Waals surface area contributed by atoms with Gasteiger partial charge < -0.3 is 10.1 Å². The van der Waals surface area contributed by atoms with E-state index in [4.69, 9.17) is 16.3 Å². The second-order valence-corrected chi connectivity index (χ2v) is 4.49. The molecule has 4 nitrogen and oxygen atoms in total. The van der Waals surface area contributed by atoms with E-state index in [1.54, 1.807) is 7.11 Å². The van der Waals surface area contributed by atoms with Crippen LogP contribution in [0.15, 0.2) is 6.07 Å². The minimum Gasteiger partial charge on any atom is -0.383 e. The molecule has 1 atom stereocenters. The number of ether oxygens (including phenoxy) is 1. The summed E-state index contributed by atoms with van der Waals surface area (Å²) in [4.78, 5) is 0. The van der Waals surface area contributed by atoms with Crippen LogP contribution in [0.5, 0.6) is 0 Å². The number of hydrogen-bond donors (Lipinski definition) is 1. The summed E-state index contributed by atoms with van der Waals surface area (Å²) in [5.41, 5.74) is 2.32. The second kappa shape index (κ2) is 7.69. The Labute approximate surface area is 108 Å². The van der Waals surface area contributed by atoms with E-state index in [2.05, 4.69) is 23.4 Å². The quantitative estimate of drug-likeness (QED) is 0.723. The van der Waals surface area contributed by atoms with Gasteiger partial charge in [0.15, 0.2) is 0 Å². The maximum atomic E-state index is 5.76. The van der Waals surface area contributed by atoms with Gasteiger partial charge in [0.05, 0.1) is 18.0 Å². The average Bonchev–Trinajstić information content (AvgIpc) is 2.68. The predicted octanol–water partition coefficient (Wildman–Crippen LogP) is 1.72. The highest BCUT2D eigenvalue weighted by Gasteiger charge is 2.09. The first-order valence-electron chi connectivity index (χ1n) is 6.01. The smallest absolute Gasteiger partial charge is 0.0625 e. The molecule has 17 heavy (non-hydrogen) atoms. The van der Waals surface area contributed by atoms with Gasteiger partial charge in [-0.05, 0) is 18.9 Å². The number of halogens is 1. The number of aryl methyl sites for hydroxylation is 2. The fourth-order valence-corrected chi connectivity index (χ4v) is 2.00. The first kappa shape index (κ1) is 14.5. The molecule has 0 spiro atoms. The summed E-state index contributed by atoms with van der Waals surface area (Å²) in [6.07, 6.45) is 1.88. The van der Waals surface area contributed by atoms with Crippen LogP contribution in [0.3, 0.4) is 0 Å². The Bertz CT molecular complexity index is 322. The Hall–Kier alpha value is -0.580. The molecule has 0 fully saturated rings. The van der Waals surface area contributed by atoms with Crippen molar-refractivity contribution in [1.29, 1.82) is 0 Å². The summed E-state index contributed by atoms with van der Waals surface area (Å²) in [6, 6.07) is 2.44. The Morgan fingerprint density at radius 2 is 2.35 bits per heavy atom. The van der Waals surface area contributed by atoms with E-state index in [1.807, 2.05) is 11.7 Å². The van der Waals surface area contributed by atoms with Crippen LogP contribution in [0.4, 0.5) is 0 Å². The van der Waals surface area contributed by atoms with Gasteiger partial charge in [-0.1, -0.05) is 6.92 Å². The van der Waals surface area contributed by atoms with E-state index in [9.17, 15) is 0 Å². The third-order valence-corrected chi connectivity index (χ3v) is 3.01. The highest BCUT2D eigenvalue weighted by Crippen LogP contribution is 2.05. The summed E-state index contributed by atoms with van der Waals surface area (Å²) in [5, 5.41) is 7.86. The van der Waals surface area contributed by atoms with Gasteiger partial charge in [-0.2, -0.15) is 5.10 Å². The molecule has 1 heterocycles. The van der Waals surface area contributed by atoms with Crippen LogP contribution >= 0.6 is 11.6 Å². The summed E-state index contributed by atoms with van der Waals surface area (Å²) >= 11 is 5.76.